The Kier molecular flexibility index (Phi) is 7.59. The highest BCUT2D eigenvalue weighted by Gasteiger charge is 2.17. The summed E-state index contributed by atoms with van der Waals surface area (Å²) in [5.74, 6) is 0. The van der Waals surface area contributed by atoms with Gasteiger partial charge in [0.1, 0.15) is 5.60 Å². The summed E-state index contributed by atoms with van der Waals surface area (Å²) in [6.07, 6.45) is 1.85. The van der Waals surface area contributed by atoms with Crippen molar-refractivity contribution in [2.24, 2.45) is 0 Å². The van der Waals surface area contributed by atoms with Gasteiger partial charge >= 0.3 is 0 Å². The lowest BCUT2D eigenvalue weighted by atomic mass is 10.1. The Hall–Kier alpha value is -1.70. The molecule has 1 aliphatic heterocycles. The second-order valence-corrected chi connectivity index (χ2v) is 8.67. The number of H-pyrrole nitrogens is 1. The van der Waals surface area contributed by atoms with Crippen molar-refractivity contribution in [2.75, 3.05) is 19.6 Å². The van der Waals surface area contributed by atoms with Gasteiger partial charge < -0.3 is 15.0 Å². The molecule has 1 aromatic carbocycles. The number of pyridine rings is 1. The van der Waals surface area contributed by atoms with E-state index in [-0.39, 0.29) is 11.2 Å². The molecular weight excluding hydrogens is 410 g/mol. The van der Waals surface area contributed by atoms with Crippen LogP contribution in [0.1, 0.15) is 33.3 Å². The molecule has 6 nitrogen and oxygen atoms in total. The van der Waals surface area contributed by atoms with Crippen molar-refractivity contribution >= 4 is 33.2 Å². The van der Waals surface area contributed by atoms with E-state index in [9.17, 15) is 9.59 Å². The van der Waals surface area contributed by atoms with Crippen molar-refractivity contribution in [2.45, 2.75) is 45.9 Å². The van der Waals surface area contributed by atoms with Crippen molar-refractivity contribution in [3.8, 4) is 0 Å². The first-order valence-electron chi connectivity index (χ1n) is 9.06. The molecule has 1 fully saturated rings. The van der Waals surface area contributed by atoms with E-state index in [1.54, 1.807) is 0 Å². The Morgan fingerprint density at radius 3 is 2.67 bits per heavy atom. The Balaban J connectivity index is 0.000000321. The summed E-state index contributed by atoms with van der Waals surface area (Å²) in [5, 5.41) is 5.24. The summed E-state index contributed by atoms with van der Waals surface area (Å²) >= 11 is 3.49. The maximum atomic E-state index is 11.9. The molecule has 3 rings (SSSR count). The number of hydrogen-bond acceptors (Lipinski definition) is 5. The number of hydrogen-bond donors (Lipinski definition) is 2. The number of nitrogens with one attached hydrogen (secondary N) is 2. The molecule has 0 saturated carbocycles. The summed E-state index contributed by atoms with van der Waals surface area (Å²) in [5.41, 5.74) is 0.835. The molecule has 148 valence electrons. The molecule has 0 amide bonds. The first kappa shape index (κ1) is 21.6. The van der Waals surface area contributed by atoms with Crippen LogP contribution in [-0.4, -0.2) is 47.6 Å². The van der Waals surface area contributed by atoms with Gasteiger partial charge in [-0.3, -0.25) is 14.5 Å². The first-order chi connectivity index (χ1) is 12.7. The SMILES string of the molecule is CC(C)(C)OC=O.CC1CN(Cc2c[nH]c(=O)c3ccc(Br)cc23)CCN1. The van der Waals surface area contributed by atoms with Crippen LogP contribution in [0.5, 0.6) is 0 Å². The number of carbonyl (C=O) groups is 1. The third kappa shape index (κ3) is 6.75. The van der Waals surface area contributed by atoms with Gasteiger partial charge in [-0.05, 0) is 56.8 Å². The summed E-state index contributed by atoms with van der Waals surface area (Å²) in [6, 6.07) is 6.34. The highest BCUT2D eigenvalue weighted by Crippen LogP contribution is 2.21. The number of rotatable bonds is 3. The number of piperazine rings is 1. The molecule has 27 heavy (non-hydrogen) atoms. The smallest absolute Gasteiger partial charge is 0.293 e. The zero-order valence-electron chi connectivity index (χ0n) is 16.3. The molecule has 1 saturated heterocycles. The van der Waals surface area contributed by atoms with E-state index in [2.05, 4.69) is 42.8 Å². The van der Waals surface area contributed by atoms with Crippen LogP contribution < -0.4 is 10.9 Å². The quantitative estimate of drug-likeness (QED) is 0.721. The Labute approximate surface area is 168 Å². The van der Waals surface area contributed by atoms with E-state index in [0.717, 1.165) is 41.4 Å². The minimum absolute atomic E-state index is 0.0232. The Morgan fingerprint density at radius 2 is 2.07 bits per heavy atom. The third-order valence-corrected chi connectivity index (χ3v) is 4.69. The van der Waals surface area contributed by atoms with Gasteiger partial charge in [-0.15, -0.1) is 0 Å². The van der Waals surface area contributed by atoms with E-state index in [0.29, 0.717) is 12.5 Å². The summed E-state index contributed by atoms with van der Waals surface area (Å²) < 4.78 is 5.55. The van der Waals surface area contributed by atoms with E-state index in [1.165, 1.54) is 5.56 Å². The molecule has 1 aromatic heterocycles. The highest BCUT2D eigenvalue weighted by atomic mass is 79.9. The van der Waals surface area contributed by atoms with Gasteiger partial charge in [0.15, 0.2) is 0 Å². The fourth-order valence-electron chi connectivity index (χ4n) is 2.96. The fraction of sp³-hybridized carbons (Fsp3) is 0.500. The van der Waals surface area contributed by atoms with Crippen LogP contribution in [0.25, 0.3) is 10.8 Å². The number of benzene rings is 1. The van der Waals surface area contributed by atoms with Gasteiger partial charge in [-0.25, -0.2) is 0 Å². The van der Waals surface area contributed by atoms with Crippen LogP contribution in [0.3, 0.4) is 0 Å². The molecule has 2 aromatic rings. The monoisotopic (exact) mass is 437 g/mol. The minimum Gasteiger partial charge on any atom is -0.462 e. The second-order valence-electron chi connectivity index (χ2n) is 7.75. The number of carbonyl (C=O) groups excluding carboxylic acids is 1. The Morgan fingerprint density at radius 1 is 1.33 bits per heavy atom. The van der Waals surface area contributed by atoms with E-state index in [4.69, 9.17) is 0 Å². The maximum Gasteiger partial charge on any atom is 0.293 e. The normalized spacial score (nSPS) is 17.9. The van der Waals surface area contributed by atoms with E-state index >= 15 is 0 Å². The standard InChI is InChI=1S/C15H18BrN3O.C5H10O2/c1-10-8-19(5-4-17-10)9-11-7-18-15(20)13-3-2-12(16)6-14(11)13;1-5(2,3)7-4-6/h2-3,6-7,10,17H,4-5,8-9H2,1H3,(H,18,20);4H,1-3H3. The molecule has 1 unspecified atom stereocenters. The van der Waals surface area contributed by atoms with Crippen LogP contribution >= 0.6 is 15.9 Å². The fourth-order valence-corrected chi connectivity index (χ4v) is 3.32. The van der Waals surface area contributed by atoms with Gasteiger partial charge in [0.05, 0.1) is 0 Å². The van der Waals surface area contributed by atoms with Gasteiger partial charge in [0, 0.05) is 48.3 Å². The largest absolute Gasteiger partial charge is 0.462 e. The van der Waals surface area contributed by atoms with Gasteiger partial charge in [0.2, 0.25) is 0 Å². The first-order valence-corrected chi connectivity index (χ1v) is 9.86. The lowest BCUT2D eigenvalue weighted by Gasteiger charge is -2.32. The summed E-state index contributed by atoms with van der Waals surface area (Å²) in [4.78, 5) is 26.8. The van der Waals surface area contributed by atoms with Crippen LogP contribution in [-0.2, 0) is 16.1 Å². The Bertz CT molecular complexity index is 829. The number of aromatic nitrogens is 1. The molecule has 0 aliphatic carbocycles. The topological polar surface area (TPSA) is 74.4 Å². The third-order valence-electron chi connectivity index (χ3n) is 4.20. The van der Waals surface area contributed by atoms with Crippen molar-refractivity contribution in [1.29, 1.82) is 0 Å². The van der Waals surface area contributed by atoms with Gasteiger partial charge in [0.25, 0.3) is 12.0 Å². The number of halogens is 1. The minimum atomic E-state index is -0.318. The number of ether oxygens (including phenoxy) is 1. The maximum absolute atomic E-state index is 11.9. The van der Waals surface area contributed by atoms with E-state index in [1.807, 2.05) is 45.2 Å². The van der Waals surface area contributed by atoms with E-state index < -0.39 is 0 Å². The van der Waals surface area contributed by atoms with Crippen LogP contribution in [0, 0.1) is 0 Å². The predicted molar refractivity (Wildman–Crippen MR) is 112 cm³/mol. The molecule has 7 heteroatoms. The molecule has 1 atom stereocenters. The predicted octanol–water partition coefficient (Wildman–Crippen LogP) is 3.04. The zero-order valence-corrected chi connectivity index (χ0v) is 17.9. The lowest BCUT2D eigenvalue weighted by Crippen LogP contribution is -2.48. The average Bonchev–Trinajstić information content (AvgIpc) is 2.57. The molecule has 1 aliphatic rings. The molecule has 2 N–H and O–H groups in total. The second kappa shape index (κ2) is 9.48. The molecule has 2 heterocycles. The lowest BCUT2D eigenvalue weighted by molar-refractivity contribution is -0.138. The van der Waals surface area contributed by atoms with Gasteiger partial charge in [-0.2, -0.15) is 0 Å². The molecule has 0 spiro atoms. The number of nitrogens with zero attached hydrogens (tertiary/aromatic N) is 1. The van der Waals surface area contributed by atoms with Crippen LogP contribution in [0.2, 0.25) is 0 Å². The molecule has 0 radical (unpaired) electrons. The highest BCUT2D eigenvalue weighted by molar-refractivity contribution is 9.10. The number of fused-ring (bicyclic) bond motifs is 1. The average molecular weight is 438 g/mol. The van der Waals surface area contributed by atoms with Crippen molar-refractivity contribution in [3.05, 3.63) is 44.8 Å². The van der Waals surface area contributed by atoms with Gasteiger partial charge in [-0.1, -0.05) is 15.9 Å². The van der Waals surface area contributed by atoms with Crippen molar-refractivity contribution in [3.63, 3.8) is 0 Å². The van der Waals surface area contributed by atoms with Crippen LogP contribution in [0.15, 0.2) is 33.7 Å². The molecular formula is C20H28BrN3O3. The van der Waals surface area contributed by atoms with Crippen molar-refractivity contribution < 1.29 is 9.53 Å². The van der Waals surface area contributed by atoms with Crippen molar-refractivity contribution in [1.82, 2.24) is 15.2 Å². The zero-order chi connectivity index (χ0) is 20.0. The number of aromatic amines is 1. The summed E-state index contributed by atoms with van der Waals surface area (Å²) in [7, 11) is 0. The summed E-state index contributed by atoms with van der Waals surface area (Å²) in [6.45, 7) is 12.1. The van der Waals surface area contributed by atoms with Crippen LogP contribution in [0.4, 0.5) is 0 Å². The molecule has 0 bridgehead atoms.